The van der Waals surface area contributed by atoms with E-state index in [0.29, 0.717) is 23.0 Å². The number of thiocarbonyl (C=S) groups is 1. The van der Waals surface area contributed by atoms with Gasteiger partial charge in [-0.1, -0.05) is 25.1 Å². The number of aromatic nitrogens is 2. The van der Waals surface area contributed by atoms with Gasteiger partial charge in [0.25, 0.3) is 0 Å². The SMILES string of the molecule is CCC(=O)Nc1ccc(N2C(=S)N[C@H](c3ccccn3)[C@H]2c2cc(C)n(-c3cccc(C)c3C)c2C)cc1OC. The van der Waals surface area contributed by atoms with Crippen molar-refractivity contribution in [2.75, 3.05) is 17.3 Å². The summed E-state index contributed by atoms with van der Waals surface area (Å²) in [7, 11) is 1.60. The average molecular weight is 554 g/mol. The van der Waals surface area contributed by atoms with E-state index >= 15 is 0 Å². The smallest absolute Gasteiger partial charge is 0.224 e. The van der Waals surface area contributed by atoms with E-state index in [9.17, 15) is 4.79 Å². The molecule has 1 aliphatic rings. The minimum absolute atomic E-state index is 0.0728. The van der Waals surface area contributed by atoms with Crippen molar-refractivity contribution in [2.24, 2.45) is 0 Å². The Balaban J connectivity index is 1.66. The molecule has 4 aromatic rings. The standard InChI is InChI=1S/C32H35N5O2S/c1-7-29(38)34-25-15-14-23(18-28(25)39-6)37-31(30(35-32(37)40)26-12-8-9-16-33-26)24-17-20(3)36(22(24)5)27-13-10-11-19(2)21(27)4/h8-18,30-31H,7H2,1-6H3,(H,34,38)(H,35,40)/t30-,31-/m1/s1. The fourth-order valence-electron chi connectivity index (χ4n) is 5.56. The van der Waals surface area contributed by atoms with Gasteiger partial charge in [0.05, 0.1) is 30.6 Å². The lowest BCUT2D eigenvalue weighted by atomic mass is 9.96. The largest absolute Gasteiger partial charge is 0.494 e. The van der Waals surface area contributed by atoms with Crippen molar-refractivity contribution < 1.29 is 9.53 Å². The van der Waals surface area contributed by atoms with Crippen molar-refractivity contribution in [3.05, 3.63) is 101 Å². The molecule has 3 heterocycles. The second-order valence-electron chi connectivity index (χ2n) is 10.2. The number of ether oxygens (including phenoxy) is 1. The van der Waals surface area contributed by atoms with Gasteiger partial charge in [-0.3, -0.25) is 9.78 Å². The number of carbonyl (C=O) groups excluding carboxylic acids is 1. The fraction of sp³-hybridized carbons (Fsp3) is 0.281. The predicted octanol–water partition coefficient (Wildman–Crippen LogP) is 6.64. The van der Waals surface area contributed by atoms with Crippen LogP contribution in [0.5, 0.6) is 5.75 Å². The number of amides is 1. The van der Waals surface area contributed by atoms with Gasteiger partial charge in [0.1, 0.15) is 5.75 Å². The molecule has 0 saturated carbocycles. The van der Waals surface area contributed by atoms with Crippen LogP contribution < -0.4 is 20.3 Å². The van der Waals surface area contributed by atoms with E-state index in [0.717, 1.165) is 28.3 Å². The lowest BCUT2D eigenvalue weighted by molar-refractivity contribution is -0.115. The number of nitrogens with one attached hydrogen (secondary N) is 2. The highest BCUT2D eigenvalue weighted by Crippen LogP contribution is 2.45. The normalized spacial score (nSPS) is 16.6. The Morgan fingerprint density at radius 3 is 2.58 bits per heavy atom. The zero-order valence-electron chi connectivity index (χ0n) is 23.8. The topological polar surface area (TPSA) is 71.4 Å². The van der Waals surface area contributed by atoms with Crippen molar-refractivity contribution in [1.29, 1.82) is 0 Å². The minimum atomic E-state index is -0.174. The first kappa shape index (κ1) is 27.4. The molecule has 2 aromatic heterocycles. The molecule has 1 saturated heterocycles. The molecular formula is C32H35N5O2S. The zero-order valence-corrected chi connectivity index (χ0v) is 24.6. The molecule has 1 amide bonds. The molecule has 2 aromatic carbocycles. The first-order valence-electron chi connectivity index (χ1n) is 13.5. The summed E-state index contributed by atoms with van der Waals surface area (Å²) in [5.74, 6) is 0.499. The number of pyridine rings is 1. The predicted molar refractivity (Wildman–Crippen MR) is 165 cm³/mol. The van der Waals surface area contributed by atoms with Gasteiger partial charge in [0.2, 0.25) is 5.91 Å². The van der Waals surface area contributed by atoms with Gasteiger partial charge in [0, 0.05) is 41.4 Å². The third kappa shape index (κ3) is 4.84. The third-order valence-electron chi connectivity index (χ3n) is 7.76. The molecule has 0 spiro atoms. The summed E-state index contributed by atoms with van der Waals surface area (Å²) in [6.07, 6.45) is 2.20. The number of nitrogens with zero attached hydrogens (tertiary/aromatic N) is 3. The molecule has 40 heavy (non-hydrogen) atoms. The third-order valence-corrected chi connectivity index (χ3v) is 8.08. The van der Waals surface area contributed by atoms with Gasteiger partial charge in [0.15, 0.2) is 5.11 Å². The summed E-state index contributed by atoms with van der Waals surface area (Å²) < 4.78 is 8.02. The van der Waals surface area contributed by atoms with Gasteiger partial charge >= 0.3 is 0 Å². The Morgan fingerprint density at radius 1 is 1.07 bits per heavy atom. The number of hydrogen-bond donors (Lipinski definition) is 2. The molecular weight excluding hydrogens is 518 g/mol. The van der Waals surface area contributed by atoms with Crippen LogP contribution in [0.3, 0.4) is 0 Å². The summed E-state index contributed by atoms with van der Waals surface area (Å²) in [4.78, 5) is 18.9. The molecule has 0 unspecified atom stereocenters. The van der Waals surface area contributed by atoms with Crippen LogP contribution in [0.2, 0.25) is 0 Å². The number of hydrogen-bond acceptors (Lipinski definition) is 4. The number of benzene rings is 2. The maximum absolute atomic E-state index is 12.1. The van der Waals surface area contributed by atoms with Crippen molar-refractivity contribution in [3.63, 3.8) is 0 Å². The highest BCUT2D eigenvalue weighted by atomic mass is 32.1. The van der Waals surface area contributed by atoms with E-state index < -0.39 is 0 Å². The molecule has 2 atom stereocenters. The number of methoxy groups -OCH3 is 1. The van der Waals surface area contributed by atoms with E-state index in [1.807, 2.05) is 49.5 Å². The number of carbonyl (C=O) groups is 1. The average Bonchev–Trinajstić information content (AvgIpc) is 3.45. The van der Waals surface area contributed by atoms with E-state index in [2.05, 4.69) is 72.1 Å². The molecule has 2 N–H and O–H groups in total. The summed E-state index contributed by atoms with van der Waals surface area (Å²) in [5.41, 5.74) is 9.53. The summed E-state index contributed by atoms with van der Waals surface area (Å²) in [5, 5.41) is 7.07. The molecule has 1 fully saturated rings. The monoisotopic (exact) mass is 553 g/mol. The lowest BCUT2D eigenvalue weighted by Gasteiger charge is -2.29. The van der Waals surface area contributed by atoms with Crippen molar-refractivity contribution in [1.82, 2.24) is 14.9 Å². The quantitative estimate of drug-likeness (QED) is 0.250. The number of rotatable bonds is 7. The highest BCUT2D eigenvalue weighted by Gasteiger charge is 2.42. The van der Waals surface area contributed by atoms with E-state index in [4.69, 9.17) is 21.9 Å². The summed E-state index contributed by atoms with van der Waals surface area (Å²) in [6, 6.07) is 20.1. The maximum atomic E-state index is 12.1. The Morgan fingerprint density at radius 2 is 1.88 bits per heavy atom. The summed E-state index contributed by atoms with van der Waals surface area (Å²) >= 11 is 5.96. The maximum Gasteiger partial charge on any atom is 0.224 e. The van der Waals surface area contributed by atoms with Gasteiger partial charge < -0.3 is 24.8 Å². The molecule has 1 aliphatic heterocycles. The van der Waals surface area contributed by atoms with Crippen LogP contribution in [0.1, 0.15) is 59.2 Å². The van der Waals surface area contributed by atoms with Crippen LogP contribution in [0, 0.1) is 27.7 Å². The van der Waals surface area contributed by atoms with Gasteiger partial charge in [-0.15, -0.1) is 0 Å². The molecule has 206 valence electrons. The Kier molecular flexibility index (Phi) is 7.63. The fourth-order valence-corrected chi connectivity index (χ4v) is 5.90. The zero-order chi connectivity index (χ0) is 28.6. The minimum Gasteiger partial charge on any atom is -0.494 e. The Hall–Kier alpha value is -4.17. The molecule has 0 aliphatic carbocycles. The van der Waals surface area contributed by atoms with Crippen LogP contribution in [-0.2, 0) is 4.79 Å². The number of aryl methyl sites for hydroxylation is 2. The van der Waals surface area contributed by atoms with Crippen molar-refractivity contribution in [3.8, 4) is 11.4 Å². The van der Waals surface area contributed by atoms with Crippen LogP contribution in [0.25, 0.3) is 5.69 Å². The first-order valence-corrected chi connectivity index (χ1v) is 13.9. The van der Waals surface area contributed by atoms with E-state index in [1.54, 1.807) is 7.11 Å². The molecule has 7 nitrogen and oxygen atoms in total. The Labute approximate surface area is 241 Å². The molecule has 0 bridgehead atoms. The molecule has 0 radical (unpaired) electrons. The Bertz CT molecular complexity index is 1580. The number of anilines is 2. The van der Waals surface area contributed by atoms with Crippen LogP contribution in [0.15, 0.2) is 66.9 Å². The highest BCUT2D eigenvalue weighted by molar-refractivity contribution is 7.80. The second-order valence-corrected chi connectivity index (χ2v) is 10.6. The lowest BCUT2D eigenvalue weighted by Crippen LogP contribution is -2.29. The van der Waals surface area contributed by atoms with Crippen LogP contribution in [-0.4, -0.2) is 27.7 Å². The first-order chi connectivity index (χ1) is 19.2. The van der Waals surface area contributed by atoms with Gasteiger partial charge in [-0.2, -0.15) is 0 Å². The van der Waals surface area contributed by atoms with Gasteiger partial charge in [-0.05, 0) is 93.0 Å². The van der Waals surface area contributed by atoms with Crippen molar-refractivity contribution >= 4 is 34.6 Å². The van der Waals surface area contributed by atoms with Crippen LogP contribution >= 0.6 is 12.2 Å². The van der Waals surface area contributed by atoms with Gasteiger partial charge in [-0.25, -0.2) is 0 Å². The molecule has 8 heteroatoms. The van der Waals surface area contributed by atoms with E-state index in [-0.39, 0.29) is 18.0 Å². The van der Waals surface area contributed by atoms with E-state index in [1.165, 1.54) is 16.8 Å². The van der Waals surface area contributed by atoms with Crippen LogP contribution in [0.4, 0.5) is 11.4 Å². The second kappa shape index (κ2) is 11.1. The molecule has 5 rings (SSSR count). The summed E-state index contributed by atoms with van der Waals surface area (Å²) in [6.45, 7) is 10.5. The van der Waals surface area contributed by atoms with Crippen molar-refractivity contribution in [2.45, 2.75) is 53.1 Å².